The molecule has 1 aliphatic carbocycles. The second kappa shape index (κ2) is 9.68. The molecule has 1 aliphatic rings. The van der Waals surface area contributed by atoms with Crippen molar-refractivity contribution in [2.24, 2.45) is 7.05 Å². The second-order valence-electron chi connectivity index (χ2n) is 13.5. The monoisotopic (exact) mass is 560 g/mol. The van der Waals surface area contributed by atoms with Crippen LogP contribution in [-0.2, 0) is 17.9 Å². The van der Waals surface area contributed by atoms with Gasteiger partial charge in [0.1, 0.15) is 7.05 Å². The van der Waals surface area contributed by atoms with Crippen molar-refractivity contribution >= 4 is 21.8 Å². The lowest BCUT2D eigenvalue weighted by Crippen LogP contribution is -2.33. The first-order valence-corrected chi connectivity index (χ1v) is 15.3. The molecule has 0 saturated heterocycles. The van der Waals surface area contributed by atoms with Crippen LogP contribution in [0, 0.1) is 18.3 Å². The van der Waals surface area contributed by atoms with Gasteiger partial charge in [-0.05, 0) is 77.1 Å². The van der Waals surface area contributed by atoms with Crippen LogP contribution in [0.5, 0.6) is 0 Å². The Balaban J connectivity index is 1.68. The molecule has 0 unspecified atom stereocenters. The van der Waals surface area contributed by atoms with Crippen molar-refractivity contribution in [3.63, 3.8) is 0 Å². The fraction of sp³-hybridized carbons (Fsp3) is 0.250. The molecule has 3 heteroatoms. The Kier molecular flexibility index (Phi) is 6.12. The van der Waals surface area contributed by atoms with Crippen molar-refractivity contribution in [1.82, 2.24) is 4.57 Å². The van der Waals surface area contributed by atoms with Crippen LogP contribution in [0.4, 0.5) is 0 Å². The van der Waals surface area contributed by atoms with Gasteiger partial charge in [0, 0.05) is 34.2 Å². The number of aryl methyl sites for hydroxylation is 2. The summed E-state index contributed by atoms with van der Waals surface area (Å²) in [7, 11) is 2.11. The number of rotatable bonds is 3. The Labute approximate surface area is 254 Å². The Morgan fingerprint density at radius 3 is 2.07 bits per heavy atom. The van der Waals surface area contributed by atoms with Crippen molar-refractivity contribution in [1.29, 1.82) is 5.26 Å². The predicted molar refractivity (Wildman–Crippen MR) is 178 cm³/mol. The van der Waals surface area contributed by atoms with Gasteiger partial charge in [-0.3, -0.25) is 0 Å². The summed E-state index contributed by atoms with van der Waals surface area (Å²) >= 11 is 0. The SMILES string of the molecule is Cc1ccc2c3ccc(C#N)c(-c4ccc5c(c4)C(C)(C)CCC5(C)C)c3n(-c3ccccc3)c2c1-c1cccc[n+]1C. The maximum atomic E-state index is 10.6. The average molecular weight is 561 g/mol. The maximum absolute atomic E-state index is 10.6. The van der Waals surface area contributed by atoms with E-state index in [0.717, 1.165) is 39.8 Å². The van der Waals surface area contributed by atoms with Crippen LogP contribution in [0.3, 0.4) is 0 Å². The molecule has 2 aromatic heterocycles. The van der Waals surface area contributed by atoms with Gasteiger partial charge >= 0.3 is 0 Å². The van der Waals surface area contributed by atoms with Gasteiger partial charge in [0.2, 0.25) is 5.69 Å². The first-order chi connectivity index (χ1) is 20.6. The third kappa shape index (κ3) is 4.12. The molecule has 0 fully saturated rings. The topological polar surface area (TPSA) is 32.6 Å². The molecule has 0 N–H and O–H groups in total. The second-order valence-corrected chi connectivity index (χ2v) is 13.5. The molecular weight excluding hydrogens is 522 g/mol. The summed E-state index contributed by atoms with van der Waals surface area (Å²) < 4.78 is 4.61. The van der Waals surface area contributed by atoms with Crippen molar-refractivity contribution in [2.45, 2.75) is 58.3 Å². The standard InChI is InChI=1S/C40H38N3/c1-26-15-18-30-31-19-16-28(25-41)36(27-17-20-32-33(24-27)40(4,5)22-21-39(32,2)3)38(31)43(29-12-8-7-9-13-29)37(30)35(26)34-14-10-11-23-42(34)6/h7-20,23-24H,21-22H2,1-6H3/q+1. The zero-order valence-corrected chi connectivity index (χ0v) is 26.0. The summed E-state index contributed by atoms with van der Waals surface area (Å²) in [5.41, 5.74) is 12.7. The lowest BCUT2D eigenvalue weighted by molar-refractivity contribution is -0.660. The summed E-state index contributed by atoms with van der Waals surface area (Å²) in [6.45, 7) is 11.7. The first kappa shape index (κ1) is 27.2. The van der Waals surface area contributed by atoms with E-state index in [9.17, 15) is 5.26 Å². The minimum absolute atomic E-state index is 0.0695. The van der Waals surface area contributed by atoms with Crippen molar-refractivity contribution in [3.8, 4) is 34.1 Å². The Hall–Kier alpha value is -4.68. The van der Waals surface area contributed by atoms with E-state index in [1.807, 2.05) is 6.07 Å². The number of nitrogens with zero attached hydrogens (tertiary/aromatic N) is 3. The highest BCUT2D eigenvalue weighted by Gasteiger charge is 2.37. The molecule has 43 heavy (non-hydrogen) atoms. The molecule has 3 nitrogen and oxygen atoms in total. The third-order valence-electron chi connectivity index (χ3n) is 9.89. The number of para-hydroxylation sites is 1. The van der Waals surface area contributed by atoms with E-state index >= 15 is 0 Å². The van der Waals surface area contributed by atoms with E-state index in [-0.39, 0.29) is 10.8 Å². The van der Waals surface area contributed by atoms with Gasteiger partial charge < -0.3 is 4.57 Å². The number of pyridine rings is 1. The minimum atomic E-state index is 0.0695. The fourth-order valence-electron chi connectivity index (χ4n) is 7.37. The molecule has 6 aromatic rings. The van der Waals surface area contributed by atoms with E-state index in [4.69, 9.17) is 0 Å². The highest BCUT2D eigenvalue weighted by molar-refractivity contribution is 6.18. The molecule has 0 amide bonds. The smallest absolute Gasteiger partial charge is 0.214 e. The fourth-order valence-corrected chi connectivity index (χ4v) is 7.37. The van der Waals surface area contributed by atoms with Crippen LogP contribution in [-0.4, -0.2) is 4.57 Å². The van der Waals surface area contributed by atoms with Gasteiger partial charge in [-0.1, -0.05) is 82.3 Å². The summed E-state index contributed by atoms with van der Waals surface area (Å²) in [4.78, 5) is 0. The number of fused-ring (bicyclic) bond motifs is 4. The van der Waals surface area contributed by atoms with Gasteiger partial charge in [-0.25, -0.2) is 4.57 Å². The van der Waals surface area contributed by atoms with Gasteiger partial charge in [-0.15, -0.1) is 0 Å². The zero-order valence-electron chi connectivity index (χ0n) is 26.0. The maximum Gasteiger partial charge on any atom is 0.214 e. The van der Waals surface area contributed by atoms with Crippen LogP contribution in [0.25, 0.3) is 49.9 Å². The van der Waals surface area contributed by atoms with E-state index in [2.05, 4.69) is 148 Å². The number of aromatic nitrogens is 2. The quantitative estimate of drug-likeness (QED) is 0.198. The number of hydrogen-bond donors (Lipinski definition) is 0. The average Bonchev–Trinajstić information content (AvgIpc) is 3.34. The lowest BCUT2D eigenvalue weighted by Gasteiger charge is -2.42. The van der Waals surface area contributed by atoms with E-state index in [1.165, 1.54) is 39.6 Å². The molecule has 0 saturated carbocycles. The number of hydrogen-bond acceptors (Lipinski definition) is 1. The molecule has 0 atom stereocenters. The molecule has 0 spiro atoms. The van der Waals surface area contributed by atoms with Crippen LogP contribution >= 0.6 is 0 Å². The Morgan fingerprint density at radius 2 is 1.37 bits per heavy atom. The van der Waals surface area contributed by atoms with Gasteiger partial charge in [0.25, 0.3) is 0 Å². The van der Waals surface area contributed by atoms with Gasteiger partial charge in [0.05, 0.1) is 28.2 Å². The third-order valence-corrected chi connectivity index (χ3v) is 9.89. The summed E-state index contributed by atoms with van der Waals surface area (Å²) in [5.74, 6) is 0. The largest absolute Gasteiger partial charge is 0.308 e. The molecular formula is C40H38N3+. The van der Waals surface area contributed by atoms with Crippen molar-refractivity contribution < 1.29 is 4.57 Å². The van der Waals surface area contributed by atoms with Crippen molar-refractivity contribution in [3.05, 3.63) is 119 Å². The first-order valence-electron chi connectivity index (χ1n) is 15.3. The van der Waals surface area contributed by atoms with Gasteiger partial charge in [-0.2, -0.15) is 5.26 Å². The van der Waals surface area contributed by atoms with Crippen molar-refractivity contribution in [2.75, 3.05) is 0 Å². The summed E-state index contributed by atoms with van der Waals surface area (Å²) in [5, 5.41) is 12.9. The lowest BCUT2D eigenvalue weighted by atomic mass is 9.63. The number of nitriles is 1. The summed E-state index contributed by atoms with van der Waals surface area (Å²) in [6, 6.07) is 35.2. The van der Waals surface area contributed by atoms with Crippen LogP contribution in [0.15, 0.2) is 97.2 Å². The van der Waals surface area contributed by atoms with Crippen LogP contribution in [0.2, 0.25) is 0 Å². The van der Waals surface area contributed by atoms with E-state index in [0.29, 0.717) is 5.56 Å². The number of benzene rings is 4. The van der Waals surface area contributed by atoms with Crippen LogP contribution < -0.4 is 4.57 Å². The summed E-state index contributed by atoms with van der Waals surface area (Å²) in [6.07, 6.45) is 4.43. The molecule has 0 radical (unpaired) electrons. The highest BCUT2D eigenvalue weighted by Crippen LogP contribution is 2.49. The molecule has 0 bridgehead atoms. The van der Waals surface area contributed by atoms with Gasteiger partial charge in [0.15, 0.2) is 6.20 Å². The van der Waals surface area contributed by atoms with E-state index in [1.54, 1.807) is 0 Å². The minimum Gasteiger partial charge on any atom is -0.308 e. The normalized spacial score (nSPS) is 15.4. The zero-order chi connectivity index (χ0) is 30.1. The van der Waals surface area contributed by atoms with E-state index < -0.39 is 0 Å². The molecule has 2 heterocycles. The Bertz CT molecular complexity index is 2100. The van der Waals surface area contributed by atoms with Crippen LogP contribution in [0.1, 0.15) is 62.8 Å². The highest BCUT2D eigenvalue weighted by atomic mass is 15.0. The molecule has 0 aliphatic heterocycles. The molecule has 212 valence electrons. The predicted octanol–water partition coefficient (Wildman–Crippen LogP) is 9.47. The molecule has 7 rings (SSSR count). The Morgan fingerprint density at radius 1 is 0.721 bits per heavy atom. The molecule has 4 aromatic carbocycles.